The zero-order valence-electron chi connectivity index (χ0n) is 23.1. The Morgan fingerprint density at radius 1 is 1.07 bits per heavy atom. The van der Waals surface area contributed by atoms with Crippen LogP contribution in [0.5, 0.6) is 0 Å². The third-order valence-electron chi connectivity index (χ3n) is 8.53. The standard InChI is InChI=1S/C28H34F3N5O6/c1-39-28-23(9-18-8-22(42-33-18)16-2-4-35(5-3-16)10-15-13-40-14-15)41-24(12-37)27(38)26(28)36-11-21(32-34-36)17-6-19(29)25(31)20(30)7-17/h6-8,11,15-16,23-24,26-28,37-38H,2-5,9-10,12-14H2,1H3/t23-,24-,26+,27+,28+/m1/s1. The molecule has 14 heteroatoms. The van der Waals surface area contributed by atoms with Crippen molar-refractivity contribution >= 4 is 0 Å². The fraction of sp³-hybridized carbons (Fsp3) is 0.607. The number of aliphatic hydroxyl groups is 2. The van der Waals surface area contributed by atoms with Crippen molar-refractivity contribution in [1.82, 2.24) is 25.1 Å². The lowest BCUT2D eigenvalue weighted by Crippen LogP contribution is -2.57. The zero-order chi connectivity index (χ0) is 29.4. The van der Waals surface area contributed by atoms with Crippen LogP contribution in [0.15, 0.2) is 28.9 Å². The number of benzene rings is 1. The van der Waals surface area contributed by atoms with Crippen molar-refractivity contribution in [2.24, 2.45) is 5.92 Å². The Morgan fingerprint density at radius 3 is 2.45 bits per heavy atom. The maximum Gasteiger partial charge on any atom is 0.194 e. The minimum atomic E-state index is -1.58. The summed E-state index contributed by atoms with van der Waals surface area (Å²) in [6, 6.07) is 2.68. The lowest BCUT2D eigenvalue weighted by Gasteiger charge is -2.43. The molecule has 0 unspecified atom stereocenters. The van der Waals surface area contributed by atoms with Crippen LogP contribution in [0.4, 0.5) is 13.2 Å². The van der Waals surface area contributed by atoms with E-state index in [1.165, 1.54) is 18.0 Å². The van der Waals surface area contributed by atoms with E-state index in [-0.39, 0.29) is 23.6 Å². The molecule has 3 aliphatic rings. The number of ether oxygens (including phenoxy) is 3. The van der Waals surface area contributed by atoms with Crippen LogP contribution in [-0.2, 0) is 20.6 Å². The number of aliphatic hydroxyl groups excluding tert-OH is 2. The van der Waals surface area contributed by atoms with Gasteiger partial charge < -0.3 is 33.8 Å². The number of likely N-dealkylation sites (tertiary alicyclic amines) is 1. The summed E-state index contributed by atoms with van der Waals surface area (Å²) in [5, 5.41) is 33.4. The largest absolute Gasteiger partial charge is 0.394 e. The van der Waals surface area contributed by atoms with Gasteiger partial charge in [-0.05, 0) is 38.1 Å². The smallest absolute Gasteiger partial charge is 0.194 e. The lowest BCUT2D eigenvalue weighted by molar-refractivity contribution is -0.212. The number of piperidine rings is 1. The maximum absolute atomic E-state index is 13.8. The molecule has 3 aromatic rings. The second kappa shape index (κ2) is 12.4. The highest BCUT2D eigenvalue weighted by molar-refractivity contribution is 5.57. The number of rotatable bonds is 9. The topological polar surface area (TPSA) is 128 Å². The molecule has 228 valence electrons. The number of halogens is 3. The Morgan fingerprint density at radius 2 is 1.81 bits per heavy atom. The van der Waals surface area contributed by atoms with Gasteiger partial charge in [-0.1, -0.05) is 10.4 Å². The van der Waals surface area contributed by atoms with Crippen molar-refractivity contribution in [2.75, 3.05) is 46.6 Å². The molecule has 0 radical (unpaired) electrons. The fourth-order valence-corrected chi connectivity index (χ4v) is 6.17. The van der Waals surface area contributed by atoms with Gasteiger partial charge in [-0.15, -0.1) is 5.10 Å². The summed E-state index contributed by atoms with van der Waals surface area (Å²) in [7, 11) is 1.46. The van der Waals surface area contributed by atoms with Crippen molar-refractivity contribution in [2.45, 2.75) is 55.6 Å². The minimum absolute atomic E-state index is 0.0264. The van der Waals surface area contributed by atoms with Gasteiger partial charge in [-0.2, -0.15) is 0 Å². The Kier molecular flexibility index (Phi) is 8.61. The minimum Gasteiger partial charge on any atom is -0.394 e. The molecule has 5 heterocycles. The Balaban J connectivity index is 1.16. The van der Waals surface area contributed by atoms with Crippen molar-refractivity contribution in [1.29, 1.82) is 0 Å². The second-order valence-electron chi connectivity index (χ2n) is 11.3. The molecule has 2 aromatic heterocycles. The van der Waals surface area contributed by atoms with Gasteiger partial charge in [0.15, 0.2) is 17.5 Å². The molecule has 11 nitrogen and oxygen atoms in total. The van der Waals surface area contributed by atoms with Gasteiger partial charge in [-0.3, -0.25) is 0 Å². The Hall–Kier alpha value is -2.88. The number of nitrogens with zero attached hydrogens (tertiary/aromatic N) is 5. The van der Waals surface area contributed by atoms with Crippen LogP contribution in [0.2, 0.25) is 0 Å². The van der Waals surface area contributed by atoms with E-state index in [9.17, 15) is 23.4 Å². The summed E-state index contributed by atoms with van der Waals surface area (Å²) in [6.07, 6.45) is -0.0511. The summed E-state index contributed by atoms with van der Waals surface area (Å²) in [5.41, 5.74) is 0.683. The molecule has 1 aromatic carbocycles. The molecule has 0 spiro atoms. The van der Waals surface area contributed by atoms with Crippen molar-refractivity contribution < 1.29 is 42.1 Å². The fourth-order valence-electron chi connectivity index (χ4n) is 6.17. The first kappa shape index (κ1) is 29.2. The maximum atomic E-state index is 13.8. The van der Waals surface area contributed by atoms with Crippen LogP contribution in [0, 0.1) is 23.4 Å². The number of hydrogen-bond donors (Lipinski definition) is 2. The van der Waals surface area contributed by atoms with E-state index in [0.29, 0.717) is 11.6 Å². The third kappa shape index (κ3) is 5.83. The van der Waals surface area contributed by atoms with Gasteiger partial charge in [-0.25, -0.2) is 17.9 Å². The van der Waals surface area contributed by atoms with E-state index in [4.69, 9.17) is 18.7 Å². The van der Waals surface area contributed by atoms with Gasteiger partial charge in [0.2, 0.25) is 0 Å². The predicted molar refractivity (Wildman–Crippen MR) is 140 cm³/mol. The lowest BCUT2D eigenvalue weighted by atomic mass is 9.89. The highest BCUT2D eigenvalue weighted by atomic mass is 19.2. The van der Waals surface area contributed by atoms with Gasteiger partial charge >= 0.3 is 0 Å². The average molecular weight is 594 g/mol. The summed E-state index contributed by atoms with van der Waals surface area (Å²) >= 11 is 0. The van der Waals surface area contributed by atoms with E-state index in [1.54, 1.807) is 0 Å². The van der Waals surface area contributed by atoms with Crippen LogP contribution in [0.3, 0.4) is 0 Å². The summed E-state index contributed by atoms with van der Waals surface area (Å²) < 4.78 is 65.2. The molecule has 3 aliphatic heterocycles. The van der Waals surface area contributed by atoms with Crippen molar-refractivity contribution in [3.8, 4) is 11.3 Å². The highest BCUT2D eigenvalue weighted by Crippen LogP contribution is 2.35. The van der Waals surface area contributed by atoms with E-state index >= 15 is 0 Å². The normalized spacial score (nSPS) is 27.8. The molecule has 3 saturated heterocycles. The van der Waals surface area contributed by atoms with E-state index < -0.39 is 54.5 Å². The second-order valence-corrected chi connectivity index (χ2v) is 11.3. The summed E-state index contributed by atoms with van der Waals surface area (Å²) in [5.74, 6) is -2.59. The van der Waals surface area contributed by atoms with Crippen LogP contribution >= 0.6 is 0 Å². The van der Waals surface area contributed by atoms with Gasteiger partial charge in [0.1, 0.15) is 35.8 Å². The molecule has 2 N–H and O–H groups in total. The molecule has 3 fully saturated rings. The molecular weight excluding hydrogens is 559 g/mol. The van der Waals surface area contributed by atoms with Crippen LogP contribution in [0.25, 0.3) is 11.3 Å². The molecule has 0 saturated carbocycles. The molecular formula is C28H34F3N5O6. The van der Waals surface area contributed by atoms with Crippen LogP contribution in [-0.4, -0.2) is 106 Å². The monoisotopic (exact) mass is 593 g/mol. The Bertz CT molecular complexity index is 1340. The molecule has 6 rings (SSSR count). The summed E-state index contributed by atoms with van der Waals surface area (Å²) in [6.45, 7) is 4.26. The zero-order valence-corrected chi connectivity index (χ0v) is 23.1. The predicted octanol–water partition coefficient (Wildman–Crippen LogP) is 2.10. The number of aromatic nitrogens is 4. The first-order valence-electron chi connectivity index (χ1n) is 14.1. The van der Waals surface area contributed by atoms with Gasteiger partial charge in [0.25, 0.3) is 0 Å². The van der Waals surface area contributed by atoms with Gasteiger partial charge in [0.05, 0.1) is 37.8 Å². The average Bonchev–Trinajstić information content (AvgIpc) is 3.64. The summed E-state index contributed by atoms with van der Waals surface area (Å²) in [4.78, 5) is 2.47. The number of hydrogen-bond acceptors (Lipinski definition) is 10. The quantitative estimate of drug-likeness (QED) is 0.356. The molecule has 0 aliphatic carbocycles. The first-order valence-corrected chi connectivity index (χ1v) is 14.1. The third-order valence-corrected chi connectivity index (χ3v) is 8.53. The van der Waals surface area contributed by atoms with E-state index in [0.717, 1.165) is 63.6 Å². The SMILES string of the molecule is CO[C@@H]1[C@@H](n2cc(-c3cc(F)c(F)c(F)c3)nn2)[C@@H](O)[C@@H](CO)O[C@@H]1Cc1cc(C2CCN(CC3COC3)CC2)on1. The molecule has 0 bridgehead atoms. The number of methoxy groups -OCH3 is 1. The van der Waals surface area contributed by atoms with Crippen LogP contribution < -0.4 is 0 Å². The molecule has 5 atom stereocenters. The first-order chi connectivity index (χ1) is 20.3. The van der Waals surface area contributed by atoms with Crippen molar-refractivity contribution in [3.63, 3.8) is 0 Å². The highest BCUT2D eigenvalue weighted by Gasteiger charge is 2.47. The van der Waals surface area contributed by atoms with Crippen LogP contribution in [0.1, 0.15) is 36.3 Å². The van der Waals surface area contributed by atoms with Gasteiger partial charge in [0, 0.05) is 43.5 Å². The van der Waals surface area contributed by atoms with Crippen molar-refractivity contribution in [3.05, 3.63) is 53.3 Å². The van der Waals surface area contributed by atoms with E-state index in [1.807, 2.05) is 6.07 Å². The van der Waals surface area contributed by atoms with E-state index in [2.05, 4.69) is 20.4 Å². The molecule has 0 amide bonds. The molecule has 42 heavy (non-hydrogen) atoms. The Labute approximate surface area is 240 Å².